The van der Waals surface area contributed by atoms with Crippen LogP contribution in [0.2, 0.25) is 0 Å². The summed E-state index contributed by atoms with van der Waals surface area (Å²) in [7, 11) is 0. The molecule has 1 atom stereocenters. The summed E-state index contributed by atoms with van der Waals surface area (Å²) in [5.41, 5.74) is 0. The zero-order valence-corrected chi connectivity index (χ0v) is 8.28. The second kappa shape index (κ2) is 5.01. The van der Waals surface area contributed by atoms with Gasteiger partial charge in [0.2, 0.25) is 0 Å². The first-order valence-electron chi connectivity index (χ1n) is 4.28. The highest BCUT2D eigenvalue weighted by atomic mass is 32.2. The smallest absolute Gasteiger partial charge is 0.0193 e. The van der Waals surface area contributed by atoms with Gasteiger partial charge in [-0.05, 0) is 13.2 Å². The lowest BCUT2D eigenvalue weighted by molar-refractivity contribution is 0.185. The number of piperazine rings is 1. The van der Waals surface area contributed by atoms with E-state index in [-0.39, 0.29) is 0 Å². The Balaban J connectivity index is 2.18. The van der Waals surface area contributed by atoms with Crippen LogP contribution in [0.15, 0.2) is 0 Å². The van der Waals surface area contributed by atoms with Crippen molar-refractivity contribution in [2.45, 2.75) is 13.0 Å². The van der Waals surface area contributed by atoms with Crippen molar-refractivity contribution < 1.29 is 0 Å². The minimum atomic E-state index is 0.732. The zero-order valence-electron chi connectivity index (χ0n) is 7.47. The second-order valence-electron chi connectivity index (χ2n) is 3.08. The third-order valence-electron chi connectivity index (χ3n) is 2.22. The van der Waals surface area contributed by atoms with Crippen molar-refractivity contribution in [3.63, 3.8) is 0 Å². The number of nitrogens with zero attached hydrogens (tertiary/aromatic N) is 1. The molecule has 0 aromatic rings. The van der Waals surface area contributed by atoms with Crippen LogP contribution in [0, 0.1) is 0 Å². The molecule has 1 aliphatic rings. The lowest BCUT2D eigenvalue weighted by atomic mass is 10.2. The van der Waals surface area contributed by atoms with Crippen LogP contribution in [0.1, 0.15) is 6.92 Å². The summed E-state index contributed by atoms with van der Waals surface area (Å²) in [5, 5.41) is 3.39. The zero-order chi connectivity index (χ0) is 8.10. The summed E-state index contributed by atoms with van der Waals surface area (Å²) in [6, 6.07) is 0.732. The van der Waals surface area contributed by atoms with Crippen molar-refractivity contribution in [3.05, 3.63) is 0 Å². The molecule has 0 spiro atoms. The minimum Gasteiger partial charge on any atom is -0.314 e. The summed E-state index contributed by atoms with van der Waals surface area (Å²) < 4.78 is 0. The SMILES string of the molecule is CSCCN1CCNC[C@H]1C. The van der Waals surface area contributed by atoms with Crippen LogP contribution < -0.4 is 5.32 Å². The highest BCUT2D eigenvalue weighted by molar-refractivity contribution is 7.98. The monoisotopic (exact) mass is 174 g/mol. The average Bonchev–Trinajstić information content (AvgIpc) is 2.03. The number of nitrogens with one attached hydrogen (secondary N) is 1. The molecule has 0 radical (unpaired) electrons. The van der Waals surface area contributed by atoms with Crippen LogP contribution in [0.3, 0.4) is 0 Å². The maximum Gasteiger partial charge on any atom is 0.0193 e. The van der Waals surface area contributed by atoms with Crippen LogP contribution in [-0.2, 0) is 0 Å². The predicted molar refractivity (Wildman–Crippen MR) is 52.3 cm³/mol. The Labute approximate surface area is 73.7 Å². The van der Waals surface area contributed by atoms with Gasteiger partial charge in [-0.3, -0.25) is 4.90 Å². The molecule has 0 amide bonds. The molecule has 3 heteroatoms. The fourth-order valence-corrected chi connectivity index (χ4v) is 1.84. The van der Waals surface area contributed by atoms with Crippen LogP contribution in [0.5, 0.6) is 0 Å². The van der Waals surface area contributed by atoms with Crippen molar-refractivity contribution in [2.75, 3.05) is 38.2 Å². The van der Waals surface area contributed by atoms with Gasteiger partial charge in [-0.2, -0.15) is 11.8 Å². The van der Waals surface area contributed by atoms with E-state index in [1.165, 1.54) is 25.4 Å². The lowest BCUT2D eigenvalue weighted by Crippen LogP contribution is -2.50. The van der Waals surface area contributed by atoms with Crippen LogP contribution >= 0.6 is 11.8 Å². The first-order valence-corrected chi connectivity index (χ1v) is 5.67. The van der Waals surface area contributed by atoms with Gasteiger partial charge in [0.15, 0.2) is 0 Å². The van der Waals surface area contributed by atoms with E-state index in [4.69, 9.17) is 0 Å². The molecule has 0 saturated carbocycles. The van der Waals surface area contributed by atoms with E-state index >= 15 is 0 Å². The predicted octanol–water partition coefficient (Wildman–Crippen LogP) is 0.643. The van der Waals surface area contributed by atoms with Crippen molar-refractivity contribution in [2.24, 2.45) is 0 Å². The third-order valence-corrected chi connectivity index (χ3v) is 2.81. The Kier molecular flexibility index (Phi) is 4.26. The van der Waals surface area contributed by atoms with Gasteiger partial charge >= 0.3 is 0 Å². The molecular formula is C8H18N2S. The first kappa shape index (κ1) is 9.36. The highest BCUT2D eigenvalue weighted by Crippen LogP contribution is 2.03. The van der Waals surface area contributed by atoms with E-state index < -0.39 is 0 Å². The molecular weight excluding hydrogens is 156 g/mol. The first-order chi connectivity index (χ1) is 5.34. The Morgan fingerprint density at radius 2 is 2.45 bits per heavy atom. The quantitative estimate of drug-likeness (QED) is 0.676. The summed E-state index contributed by atoms with van der Waals surface area (Å²) in [4.78, 5) is 2.56. The van der Waals surface area contributed by atoms with Crippen molar-refractivity contribution >= 4 is 11.8 Å². The van der Waals surface area contributed by atoms with Crippen molar-refractivity contribution in [3.8, 4) is 0 Å². The number of hydrogen-bond donors (Lipinski definition) is 1. The molecule has 2 nitrogen and oxygen atoms in total. The van der Waals surface area contributed by atoms with E-state index in [0.29, 0.717) is 0 Å². The van der Waals surface area contributed by atoms with E-state index in [1.807, 2.05) is 11.8 Å². The highest BCUT2D eigenvalue weighted by Gasteiger charge is 2.16. The topological polar surface area (TPSA) is 15.3 Å². The number of rotatable bonds is 3. The molecule has 0 unspecified atom stereocenters. The molecule has 1 N–H and O–H groups in total. The molecule has 1 fully saturated rings. The number of thioether (sulfide) groups is 1. The molecule has 1 saturated heterocycles. The van der Waals surface area contributed by atoms with Crippen LogP contribution in [0.4, 0.5) is 0 Å². The fraction of sp³-hybridized carbons (Fsp3) is 1.00. The molecule has 0 bridgehead atoms. The summed E-state index contributed by atoms with van der Waals surface area (Å²) >= 11 is 1.94. The minimum absolute atomic E-state index is 0.732. The fourth-order valence-electron chi connectivity index (χ4n) is 1.42. The molecule has 1 rings (SSSR count). The molecule has 11 heavy (non-hydrogen) atoms. The Bertz CT molecular complexity index is 108. The van der Waals surface area contributed by atoms with E-state index in [9.17, 15) is 0 Å². The lowest BCUT2D eigenvalue weighted by Gasteiger charge is -2.33. The van der Waals surface area contributed by atoms with Gasteiger partial charge in [0.1, 0.15) is 0 Å². The van der Waals surface area contributed by atoms with E-state index in [2.05, 4.69) is 23.4 Å². The summed E-state index contributed by atoms with van der Waals surface area (Å²) in [6.45, 7) is 7.10. The van der Waals surface area contributed by atoms with E-state index in [0.717, 1.165) is 12.6 Å². The Morgan fingerprint density at radius 3 is 3.09 bits per heavy atom. The number of hydrogen-bond acceptors (Lipinski definition) is 3. The van der Waals surface area contributed by atoms with Gasteiger partial charge in [0.05, 0.1) is 0 Å². The van der Waals surface area contributed by atoms with Crippen LogP contribution in [0.25, 0.3) is 0 Å². The normalized spacial score (nSPS) is 27.3. The molecule has 0 aromatic heterocycles. The summed E-state index contributed by atoms with van der Waals surface area (Å²) in [6.07, 6.45) is 2.17. The van der Waals surface area contributed by atoms with Gasteiger partial charge in [-0.1, -0.05) is 0 Å². The molecule has 0 aliphatic carbocycles. The van der Waals surface area contributed by atoms with Crippen molar-refractivity contribution in [1.82, 2.24) is 10.2 Å². The van der Waals surface area contributed by atoms with Gasteiger partial charge in [0.25, 0.3) is 0 Å². The molecule has 0 aromatic carbocycles. The molecule has 66 valence electrons. The largest absolute Gasteiger partial charge is 0.314 e. The summed E-state index contributed by atoms with van der Waals surface area (Å²) in [5.74, 6) is 1.27. The van der Waals surface area contributed by atoms with Gasteiger partial charge in [0, 0.05) is 38.0 Å². The van der Waals surface area contributed by atoms with E-state index in [1.54, 1.807) is 0 Å². The van der Waals surface area contributed by atoms with Gasteiger partial charge < -0.3 is 5.32 Å². The van der Waals surface area contributed by atoms with Crippen molar-refractivity contribution in [1.29, 1.82) is 0 Å². The standard InChI is InChI=1S/C8H18N2S/c1-8-7-9-3-4-10(8)5-6-11-2/h8-9H,3-7H2,1-2H3/t8-/m1/s1. The second-order valence-corrected chi connectivity index (χ2v) is 4.07. The van der Waals surface area contributed by atoms with Gasteiger partial charge in [-0.25, -0.2) is 0 Å². The average molecular weight is 174 g/mol. The maximum absolute atomic E-state index is 3.39. The van der Waals surface area contributed by atoms with Crippen LogP contribution in [-0.4, -0.2) is 49.1 Å². The third kappa shape index (κ3) is 3.01. The molecule has 1 heterocycles. The Hall–Kier alpha value is 0.270. The maximum atomic E-state index is 3.39. The van der Waals surface area contributed by atoms with Gasteiger partial charge in [-0.15, -0.1) is 0 Å². The Morgan fingerprint density at radius 1 is 1.64 bits per heavy atom. The molecule has 1 aliphatic heterocycles.